The first-order valence-corrected chi connectivity index (χ1v) is 9.87. The van der Waals surface area contributed by atoms with E-state index >= 15 is 0 Å². The molecule has 0 unspecified atom stereocenters. The van der Waals surface area contributed by atoms with Gasteiger partial charge in [0, 0.05) is 18.2 Å². The first-order valence-electron chi connectivity index (χ1n) is 9.87. The number of nitrogens with one attached hydrogen (secondary N) is 1. The Morgan fingerprint density at radius 2 is 1.69 bits per heavy atom. The normalized spacial score (nSPS) is 10.9. The molecule has 0 fully saturated rings. The third-order valence-corrected chi connectivity index (χ3v) is 4.94. The SMILES string of the molecule is Cc1ccc(-n2nc(C)c(C(=O)Nc3cc(C)nn3-c3ccc([N+](=O)[O-])cc3)n2)c(C)c1. The van der Waals surface area contributed by atoms with Crippen molar-refractivity contribution in [3.63, 3.8) is 0 Å². The first kappa shape index (κ1) is 20.9. The predicted molar refractivity (Wildman–Crippen MR) is 118 cm³/mol. The van der Waals surface area contributed by atoms with Crippen LogP contribution in [-0.4, -0.2) is 35.6 Å². The molecule has 0 spiro atoms. The van der Waals surface area contributed by atoms with Crippen LogP contribution in [0.15, 0.2) is 48.5 Å². The van der Waals surface area contributed by atoms with Gasteiger partial charge in [0.1, 0.15) is 5.82 Å². The van der Waals surface area contributed by atoms with E-state index in [1.54, 1.807) is 32.0 Å². The van der Waals surface area contributed by atoms with Crippen LogP contribution >= 0.6 is 0 Å². The molecule has 10 heteroatoms. The third kappa shape index (κ3) is 3.97. The van der Waals surface area contributed by atoms with E-state index in [1.165, 1.54) is 21.6 Å². The van der Waals surface area contributed by atoms with Crippen molar-refractivity contribution in [2.75, 3.05) is 5.32 Å². The topological polar surface area (TPSA) is 121 Å². The Morgan fingerprint density at radius 3 is 2.34 bits per heavy atom. The highest BCUT2D eigenvalue weighted by molar-refractivity contribution is 6.03. The Balaban J connectivity index is 1.63. The van der Waals surface area contributed by atoms with Crippen LogP contribution in [0.1, 0.15) is 33.0 Å². The molecule has 0 atom stereocenters. The number of non-ortho nitro benzene ring substituents is 1. The molecule has 1 amide bonds. The highest BCUT2D eigenvalue weighted by atomic mass is 16.6. The van der Waals surface area contributed by atoms with Gasteiger partial charge in [0.15, 0.2) is 5.69 Å². The summed E-state index contributed by atoms with van der Waals surface area (Å²) in [6, 6.07) is 13.5. The van der Waals surface area contributed by atoms with E-state index in [0.29, 0.717) is 22.9 Å². The van der Waals surface area contributed by atoms with Crippen molar-refractivity contribution >= 4 is 17.4 Å². The molecule has 0 saturated carbocycles. The molecule has 0 aliphatic carbocycles. The average Bonchev–Trinajstić information content (AvgIpc) is 3.30. The summed E-state index contributed by atoms with van der Waals surface area (Å²) in [5, 5.41) is 26.9. The summed E-state index contributed by atoms with van der Waals surface area (Å²) in [6.07, 6.45) is 0. The van der Waals surface area contributed by atoms with E-state index < -0.39 is 10.8 Å². The third-order valence-electron chi connectivity index (χ3n) is 4.94. The maximum absolute atomic E-state index is 13.0. The summed E-state index contributed by atoms with van der Waals surface area (Å²) in [4.78, 5) is 24.9. The number of aromatic nitrogens is 5. The second-order valence-corrected chi connectivity index (χ2v) is 7.52. The lowest BCUT2D eigenvalue weighted by Crippen LogP contribution is -2.17. The quantitative estimate of drug-likeness (QED) is 0.378. The molecule has 10 nitrogen and oxygen atoms in total. The van der Waals surface area contributed by atoms with Gasteiger partial charge in [-0.25, -0.2) is 4.68 Å². The van der Waals surface area contributed by atoms with Crippen molar-refractivity contribution in [3.8, 4) is 11.4 Å². The van der Waals surface area contributed by atoms with Gasteiger partial charge in [0.25, 0.3) is 11.6 Å². The standard InChI is InChI=1S/C22H21N7O3/c1-13-5-10-19(14(2)11-13)28-25-16(4)21(26-28)22(30)23-20-12-15(3)24-27(20)17-6-8-18(9-7-17)29(31)32/h5-12H,1-4H3,(H,23,30). The van der Waals surface area contributed by atoms with Crippen LogP contribution in [-0.2, 0) is 0 Å². The Hall–Kier alpha value is -4.34. The fourth-order valence-electron chi connectivity index (χ4n) is 3.40. The minimum absolute atomic E-state index is 0.0261. The summed E-state index contributed by atoms with van der Waals surface area (Å²) in [6.45, 7) is 7.49. The van der Waals surface area contributed by atoms with E-state index in [1.807, 2.05) is 32.0 Å². The van der Waals surface area contributed by atoms with E-state index in [2.05, 4.69) is 20.6 Å². The van der Waals surface area contributed by atoms with Gasteiger partial charge in [-0.2, -0.15) is 15.0 Å². The molecule has 2 aromatic carbocycles. The van der Waals surface area contributed by atoms with E-state index in [4.69, 9.17) is 0 Å². The molecule has 0 aliphatic heterocycles. The minimum atomic E-state index is -0.470. The second-order valence-electron chi connectivity index (χ2n) is 7.52. The smallest absolute Gasteiger partial charge is 0.279 e. The van der Waals surface area contributed by atoms with Crippen LogP contribution in [0.4, 0.5) is 11.5 Å². The fraction of sp³-hybridized carbons (Fsp3) is 0.182. The molecule has 0 bridgehead atoms. The van der Waals surface area contributed by atoms with Crippen LogP contribution in [0.3, 0.4) is 0 Å². The number of hydrogen-bond acceptors (Lipinski definition) is 6. The summed E-state index contributed by atoms with van der Waals surface area (Å²) in [7, 11) is 0. The number of carbonyl (C=O) groups is 1. The van der Waals surface area contributed by atoms with Crippen LogP contribution < -0.4 is 5.32 Å². The number of hydrogen-bond donors (Lipinski definition) is 1. The van der Waals surface area contributed by atoms with E-state index in [9.17, 15) is 14.9 Å². The highest BCUT2D eigenvalue weighted by Gasteiger charge is 2.20. The summed E-state index contributed by atoms with van der Waals surface area (Å²) in [5.41, 5.74) is 4.83. The summed E-state index contributed by atoms with van der Waals surface area (Å²) < 4.78 is 1.51. The number of aryl methyl sites for hydroxylation is 4. The summed E-state index contributed by atoms with van der Waals surface area (Å²) >= 11 is 0. The van der Waals surface area contributed by atoms with E-state index in [-0.39, 0.29) is 11.4 Å². The van der Waals surface area contributed by atoms with Crippen LogP contribution in [0.2, 0.25) is 0 Å². The number of nitro benzene ring substituents is 1. The number of nitro groups is 1. The number of amides is 1. The Bertz CT molecular complexity index is 1340. The van der Waals surface area contributed by atoms with Gasteiger partial charge >= 0.3 is 0 Å². The van der Waals surface area contributed by atoms with Gasteiger partial charge in [-0.3, -0.25) is 14.9 Å². The molecule has 0 saturated heterocycles. The maximum Gasteiger partial charge on any atom is 0.279 e. The largest absolute Gasteiger partial charge is 0.305 e. The van der Waals surface area contributed by atoms with Gasteiger partial charge in [0.2, 0.25) is 0 Å². The van der Waals surface area contributed by atoms with Crippen molar-refractivity contribution in [2.24, 2.45) is 0 Å². The molecule has 4 aromatic rings. The minimum Gasteiger partial charge on any atom is -0.305 e. The lowest BCUT2D eigenvalue weighted by atomic mass is 10.1. The zero-order chi connectivity index (χ0) is 23.0. The number of benzene rings is 2. The molecule has 2 aromatic heterocycles. The van der Waals surface area contributed by atoms with Gasteiger partial charge in [0.05, 0.1) is 27.7 Å². The number of carbonyl (C=O) groups excluding carboxylic acids is 1. The number of anilines is 1. The average molecular weight is 431 g/mol. The maximum atomic E-state index is 13.0. The van der Waals surface area contributed by atoms with Gasteiger partial charge in [-0.15, -0.1) is 5.10 Å². The first-order chi connectivity index (χ1) is 15.2. The predicted octanol–water partition coefficient (Wildman–Crippen LogP) is 3.85. The van der Waals surface area contributed by atoms with Crippen LogP contribution in [0.25, 0.3) is 11.4 Å². The molecule has 0 radical (unpaired) electrons. The van der Waals surface area contributed by atoms with Gasteiger partial charge < -0.3 is 5.32 Å². The monoisotopic (exact) mass is 431 g/mol. The van der Waals surface area contributed by atoms with Crippen molar-refractivity contribution in [3.05, 3.63) is 86.9 Å². The Kier molecular flexibility index (Phi) is 5.27. The molecular formula is C22H21N7O3. The molecule has 162 valence electrons. The highest BCUT2D eigenvalue weighted by Crippen LogP contribution is 2.21. The lowest BCUT2D eigenvalue weighted by Gasteiger charge is -2.08. The number of rotatable bonds is 5. The Morgan fingerprint density at radius 1 is 0.969 bits per heavy atom. The molecule has 32 heavy (non-hydrogen) atoms. The molecule has 2 heterocycles. The second kappa shape index (κ2) is 8.06. The van der Waals surface area contributed by atoms with E-state index in [0.717, 1.165) is 16.8 Å². The molecular weight excluding hydrogens is 410 g/mol. The van der Waals surface area contributed by atoms with Crippen molar-refractivity contribution < 1.29 is 9.72 Å². The van der Waals surface area contributed by atoms with Gasteiger partial charge in [-0.1, -0.05) is 17.7 Å². The van der Waals surface area contributed by atoms with Crippen molar-refractivity contribution in [1.29, 1.82) is 0 Å². The molecule has 4 rings (SSSR count). The van der Waals surface area contributed by atoms with Crippen molar-refractivity contribution in [2.45, 2.75) is 27.7 Å². The van der Waals surface area contributed by atoms with Crippen LogP contribution in [0, 0.1) is 37.8 Å². The number of nitrogens with zero attached hydrogens (tertiary/aromatic N) is 6. The lowest BCUT2D eigenvalue weighted by molar-refractivity contribution is -0.384. The fourth-order valence-corrected chi connectivity index (χ4v) is 3.40. The van der Waals surface area contributed by atoms with Crippen molar-refractivity contribution in [1.82, 2.24) is 24.8 Å². The van der Waals surface area contributed by atoms with Gasteiger partial charge in [-0.05, 0) is 51.5 Å². The van der Waals surface area contributed by atoms with Crippen LogP contribution in [0.5, 0.6) is 0 Å². The summed E-state index contributed by atoms with van der Waals surface area (Å²) in [5.74, 6) is -0.0107. The zero-order valence-corrected chi connectivity index (χ0v) is 18.0. The molecule has 1 N–H and O–H groups in total. The zero-order valence-electron chi connectivity index (χ0n) is 18.0. The Labute approximate surface area is 183 Å². The molecule has 0 aliphatic rings.